The smallest absolute Gasteiger partial charge is 0.152 e. The van der Waals surface area contributed by atoms with Gasteiger partial charge in [-0.15, -0.1) is 0 Å². The minimum Gasteiger partial charge on any atom is -0.328 e. The summed E-state index contributed by atoms with van der Waals surface area (Å²) in [6, 6.07) is 12.0. The van der Waals surface area contributed by atoms with E-state index in [-0.39, 0.29) is 0 Å². The standard InChI is InChI=1S/C10H11N3/c1-13-9-5-3-2-4-8(9)6-7-10(13)12-11/h2-7H,11H2,1H3/b12-10+. The van der Waals surface area contributed by atoms with Gasteiger partial charge in [0.2, 0.25) is 0 Å². The molecule has 0 aliphatic heterocycles. The van der Waals surface area contributed by atoms with Crippen molar-refractivity contribution in [3.63, 3.8) is 0 Å². The van der Waals surface area contributed by atoms with E-state index in [2.05, 4.69) is 11.2 Å². The highest BCUT2D eigenvalue weighted by atomic mass is 15.2. The van der Waals surface area contributed by atoms with Crippen LogP contribution in [-0.4, -0.2) is 4.57 Å². The summed E-state index contributed by atoms with van der Waals surface area (Å²) in [5, 5.41) is 4.88. The number of hydrogen-bond donors (Lipinski definition) is 1. The summed E-state index contributed by atoms with van der Waals surface area (Å²) in [5.74, 6) is 5.25. The van der Waals surface area contributed by atoms with Crippen LogP contribution in [0.5, 0.6) is 0 Å². The second kappa shape index (κ2) is 2.94. The molecule has 0 fully saturated rings. The van der Waals surface area contributed by atoms with Crippen molar-refractivity contribution >= 4 is 10.9 Å². The summed E-state index contributed by atoms with van der Waals surface area (Å²) in [6.45, 7) is 0. The van der Waals surface area contributed by atoms with Gasteiger partial charge in [-0.05, 0) is 23.6 Å². The first kappa shape index (κ1) is 7.86. The zero-order chi connectivity index (χ0) is 9.26. The fourth-order valence-corrected chi connectivity index (χ4v) is 1.46. The Balaban J connectivity index is 2.95. The Labute approximate surface area is 76.1 Å². The van der Waals surface area contributed by atoms with Crippen LogP contribution >= 0.6 is 0 Å². The van der Waals surface area contributed by atoms with Crippen LogP contribution in [0.25, 0.3) is 10.9 Å². The average molecular weight is 173 g/mol. The van der Waals surface area contributed by atoms with Gasteiger partial charge in [-0.25, -0.2) is 0 Å². The number of nitrogens with zero attached hydrogens (tertiary/aromatic N) is 2. The summed E-state index contributed by atoms with van der Waals surface area (Å²) in [6.07, 6.45) is 0. The van der Waals surface area contributed by atoms with Crippen molar-refractivity contribution < 1.29 is 0 Å². The molecule has 0 saturated heterocycles. The molecule has 13 heavy (non-hydrogen) atoms. The summed E-state index contributed by atoms with van der Waals surface area (Å²) >= 11 is 0. The van der Waals surface area contributed by atoms with Gasteiger partial charge in [-0.1, -0.05) is 18.2 Å². The van der Waals surface area contributed by atoms with E-state index in [1.807, 2.05) is 41.9 Å². The Kier molecular flexibility index (Phi) is 1.77. The number of benzene rings is 1. The summed E-state index contributed by atoms with van der Waals surface area (Å²) in [5.41, 5.74) is 1.91. The van der Waals surface area contributed by atoms with E-state index in [1.54, 1.807) is 0 Å². The quantitative estimate of drug-likeness (QED) is 0.468. The highest BCUT2D eigenvalue weighted by molar-refractivity contribution is 5.78. The molecular formula is C10H11N3. The van der Waals surface area contributed by atoms with E-state index < -0.39 is 0 Å². The van der Waals surface area contributed by atoms with Gasteiger partial charge in [-0.2, -0.15) is 5.10 Å². The number of rotatable bonds is 0. The van der Waals surface area contributed by atoms with Gasteiger partial charge < -0.3 is 10.4 Å². The van der Waals surface area contributed by atoms with Crippen LogP contribution in [0.15, 0.2) is 41.5 Å². The van der Waals surface area contributed by atoms with Crippen molar-refractivity contribution in [1.29, 1.82) is 0 Å². The molecule has 0 amide bonds. The lowest BCUT2D eigenvalue weighted by atomic mass is 10.2. The molecule has 2 rings (SSSR count). The largest absolute Gasteiger partial charge is 0.328 e. The van der Waals surface area contributed by atoms with E-state index in [0.717, 1.165) is 11.0 Å². The Morgan fingerprint density at radius 3 is 2.69 bits per heavy atom. The third-order valence-electron chi connectivity index (χ3n) is 2.19. The van der Waals surface area contributed by atoms with E-state index >= 15 is 0 Å². The highest BCUT2D eigenvalue weighted by Crippen LogP contribution is 2.08. The number of nitrogens with two attached hydrogens (primary N) is 1. The van der Waals surface area contributed by atoms with Crippen molar-refractivity contribution in [3.05, 3.63) is 41.9 Å². The molecule has 2 aromatic rings. The molecule has 0 radical (unpaired) electrons. The Bertz CT molecular complexity index is 497. The molecule has 0 aliphatic rings. The molecule has 0 spiro atoms. The SMILES string of the molecule is Cn1/c(=N/N)ccc2ccccc21. The lowest BCUT2D eigenvalue weighted by Gasteiger charge is -2.04. The highest BCUT2D eigenvalue weighted by Gasteiger charge is 1.94. The third-order valence-corrected chi connectivity index (χ3v) is 2.19. The van der Waals surface area contributed by atoms with Crippen LogP contribution in [-0.2, 0) is 7.05 Å². The molecule has 2 N–H and O–H groups in total. The fraction of sp³-hybridized carbons (Fsp3) is 0.100. The zero-order valence-electron chi connectivity index (χ0n) is 7.44. The minimum atomic E-state index is 0.777. The number of para-hydroxylation sites is 1. The molecule has 1 aromatic carbocycles. The predicted octanol–water partition coefficient (Wildman–Crippen LogP) is 0.953. The first-order valence-corrected chi connectivity index (χ1v) is 4.11. The monoisotopic (exact) mass is 173 g/mol. The van der Waals surface area contributed by atoms with E-state index in [1.165, 1.54) is 5.39 Å². The normalized spacial score (nSPS) is 12.2. The minimum absolute atomic E-state index is 0.777. The van der Waals surface area contributed by atoms with Gasteiger partial charge >= 0.3 is 0 Å². The molecule has 1 aromatic heterocycles. The summed E-state index contributed by atoms with van der Waals surface area (Å²) < 4.78 is 1.97. The van der Waals surface area contributed by atoms with Crippen molar-refractivity contribution in [1.82, 2.24) is 4.57 Å². The zero-order valence-corrected chi connectivity index (χ0v) is 7.44. The lowest BCUT2D eigenvalue weighted by Crippen LogP contribution is -2.19. The van der Waals surface area contributed by atoms with Crippen LogP contribution in [0, 0.1) is 0 Å². The second-order valence-electron chi connectivity index (χ2n) is 2.94. The Morgan fingerprint density at radius 2 is 1.92 bits per heavy atom. The molecule has 0 saturated carbocycles. The van der Waals surface area contributed by atoms with Crippen LogP contribution in [0.3, 0.4) is 0 Å². The van der Waals surface area contributed by atoms with Gasteiger partial charge in [0.1, 0.15) is 0 Å². The Hall–Kier alpha value is -1.77. The Morgan fingerprint density at radius 1 is 1.15 bits per heavy atom. The molecule has 1 heterocycles. The molecule has 0 aliphatic carbocycles. The maximum Gasteiger partial charge on any atom is 0.152 e. The van der Waals surface area contributed by atoms with Crippen LogP contribution < -0.4 is 11.3 Å². The van der Waals surface area contributed by atoms with Crippen molar-refractivity contribution in [3.8, 4) is 0 Å². The van der Waals surface area contributed by atoms with Crippen LogP contribution in [0.2, 0.25) is 0 Å². The number of aromatic nitrogens is 1. The summed E-state index contributed by atoms with van der Waals surface area (Å²) in [7, 11) is 1.95. The van der Waals surface area contributed by atoms with Crippen molar-refractivity contribution in [2.45, 2.75) is 0 Å². The molecule has 66 valence electrons. The fourth-order valence-electron chi connectivity index (χ4n) is 1.46. The van der Waals surface area contributed by atoms with Crippen LogP contribution in [0.1, 0.15) is 0 Å². The van der Waals surface area contributed by atoms with E-state index in [9.17, 15) is 0 Å². The third kappa shape index (κ3) is 1.18. The molecule has 0 bridgehead atoms. The maximum atomic E-state index is 5.25. The maximum absolute atomic E-state index is 5.25. The van der Waals surface area contributed by atoms with E-state index in [0.29, 0.717) is 0 Å². The second-order valence-corrected chi connectivity index (χ2v) is 2.94. The van der Waals surface area contributed by atoms with E-state index in [4.69, 9.17) is 5.84 Å². The molecule has 0 unspecified atom stereocenters. The molecular weight excluding hydrogens is 162 g/mol. The van der Waals surface area contributed by atoms with Gasteiger partial charge in [0.25, 0.3) is 0 Å². The van der Waals surface area contributed by atoms with Crippen molar-refractivity contribution in [2.75, 3.05) is 0 Å². The van der Waals surface area contributed by atoms with Crippen LogP contribution in [0.4, 0.5) is 0 Å². The van der Waals surface area contributed by atoms with Crippen molar-refractivity contribution in [2.24, 2.45) is 18.0 Å². The number of aryl methyl sites for hydroxylation is 1. The van der Waals surface area contributed by atoms with Gasteiger partial charge in [0, 0.05) is 12.6 Å². The topological polar surface area (TPSA) is 43.3 Å². The predicted molar refractivity (Wildman–Crippen MR) is 52.7 cm³/mol. The van der Waals surface area contributed by atoms with Gasteiger partial charge in [-0.3, -0.25) is 0 Å². The molecule has 0 atom stereocenters. The molecule has 3 heteroatoms. The summed E-state index contributed by atoms with van der Waals surface area (Å²) in [4.78, 5) is 0. The van der Waals surface area contributed by atoms with Gasteiger partial charge in [0.15, 0.2) is 5.49 Å². The number of fused-ring (bicyclic) bond motifs is 1. The first-order chi connectivity index (χ1) is 6.33. The van der Waals surface area contributed by atoms with Gasteiger partial charge in [0.05, 0.1) is 0 Å². The average Bonchev–Trinajstić information content (AvgIpc) is 2.19. The molecule has 3 nitrogen and oxygen atoms in total. The number of hydrogen-bond acceptors (Lipinski definition) is 2. The lowest BCUT2D eigenvalue weighted by molar-refractivity contribution is 0.853. The first-order valence-electron chi connectivity index (χ1n) is 4.11. The number of pyridine rings is 1.